The van der Waals surface area contributed by atoms with Crippen LogP contribution in [0.1, 0.15) is 17.4 Å². The van der Waals surface area contributed by atoms with Gasteiger partial charge in [-0.2, -0.15) is 0 Å². The Balaban J connectivity index is 1.99. The third-order valence-corrected chi connectivity index (χ3v) is 2.91. The van der Waals surface area contributed by atoms with Crippen molar-refractivity contribution >= 4 is 5.95 Å². The lowest BCUT2D eigenvalue weighted by Crippen LogP contribution is -2.13. The number of hydrogen-bond acceptors (Lipinski definition) is 5. The number of rotatable bonds is 4. The molecule has 5 heteroatoms. The van der Waals surface area contributed by atoms with Crippen LogP contribution in [0, 0.1) is 0 Å². The molecule has 0 radical (unpaired) electrons. The molecule has 0 spiro atoms. The van der Waals surface area contributed by atoms with E-state index in [1.807, 2.05) is 18.2 Å². The molecule has 5 nitrogen and oxygen atoms in total. The fraction of sp³-hybridized carbons (Fsp3) is 0.0667. The van der Waals surface area contributed by atoms with Gasteiger partial charge in [-0.1, -0.05) is 18.2 Å². The molecule has 1 atom stereocenters. The number of aromatic nitrogens is 2. The molecule has 0 aliphatic rings. The van der Waals surface area contributed by atoms with Crippen molar-refractivity contribution in [3.05, 3.63) is 72.4 Å². The lowest BCUT2D eigenvalue weighted by molar-refractivity contribution is 0.454. The number of furan rings is 1. The molecular weight excluding hydrogens is 254 g/mol. The summed E-state index contributed by atoms with van der Waals surface area (Å²) >= 11 is 0. The number of phenols is 1. The lowest BCUT2D eigenvalue weighted by atomic mass is 10.0. The van der Waals surface area contributed by atoms with Gasteiger partial charge in [0.05, 0.1) is 6.26 Å². The highest BCUT2D eigenvalue weighted by Crippen LogP contribution is 2.31. The van der Waals surface area contributed by atoms with E-state index < -0.39 is 0 Å². The van der Waals surface area contributed by atoms with Crippen LogP contribution in [-0.2, 0) is 0 Å². The van der Waals surface area contributed by atoms with Crippen LogP contribution in [0.25, 0.3) is 0 Å². The monoisotopic (exact) mass is 267 g/mol. The molecule has 0 saturated heterocycles. The van der Waals surface area contributed by atoms with Crippen molar-refractivity contribution in [2.45, 2.75) is 6.04 Å². The van der Waals surface area contributed by atoms with Gasteiger partial charge in [-0.15, -0.1) is 0 Å². The van der Waals surface area contributed by atoms with E-state index in [1.165, 1.54) is 0 Å². The van der Waals surface area contributed by atoms with Crippen molar-refractivity contribution in [1.29, 1.82) is 0 Å². The Kier molecular flexibility index (Phi) is 3.33. The number of hydrogen-bond donors (Lipinski definition) is 2. The van der Waals surface area contributed by atoms with Gasteiger partial charge in [-0.3, -0.25) is 0 Å². The van der Waals surface area contributed by atoms with Gasteiger partial charge in [0.2, 0.25) is 5.95 Å². The van der Waals surface area contributed by atoms with Crippen molar-refractivity contribution in [3.8, 4) is 5.75 Å². The van der Waals surface area contributed by atoms with Crippen LogP contribution < -0.4 is 5.32 Å². The average molecular weight is 267 g/mol. The summed E-state index contributed by atoms with van der Waals surface area (Å²) in [7, 11) is 0. The number of nitrogens with one attached hydrogen (secondary N) is 1. The second-order valence-corrected chi connectivity index (χ2v) is 4.22. The van der Waals surface area contributed by atoms with E-state index in [2.05, 4.69) is 15.3 Å². The van der Waals surface area contributed by atoms with Crippen LogP contribution in [0.3, 0.4) is 0 Å². The molecule has 0 aliphatic heterocycles. The molecule has 3 rings (SSSR count). The molecular formula is C15H13N3O2. The van der Waals surface area contributed by atoms with E-state index in [0.29, 0.717) is 17.3 Å². The maximum atomic E-state index is 10.0. The second kappa shape index (κ2) is 5.44. The van der Waals surface area contributed by atoms with Crippen molar-refractivity contribution in [2.24, 2.45) is 0 Å². The normalized spacial score (nSPS) is 12.0. The maximum Gasteiger partial charge on any atom is 0.223 e. The molecule has 0 fully saturated rings. The highest BCUT2D eigenvalue weighted by Gasteiger charge is 2.20. The SMILES string of the molecule is Oc1ccccc1[C@H](Nc1ncccn1)c1ccco1. The van der Waals surface area contributed by atoms with Crippen LogP contribution in [0.15, 0.2) is 65.5 Å². The van der Waals surface area contributed by atoms with Gasteiger partial charge in [0.15, 0.2) is 0 Å². The van der Waals surface area contributed by atoms with E-state index >= 15 is 0 Å². The third-order valence-electron chi connectivity index (χ3n) is 2.91. The molecule has 0 saturated carbocycles. The molecule has 3 aromatic rings. The molecule has 20 heavy (non-hydrogen) atoms. The van der Waals surface area contributed by atoms with Crippen LogP contribution in [-0.4, -0.2) is 15.1 Å². The average Bonchev–Trinajstić information content (AvgIpc) is 3.01. The number of benzene rings is 1. The number of para-hydroxylation sites is 1. The Labute approximate surface area is 115 Å². The minimum Gasteiger partial charge on any atom is -0.508 e. The second-order valence-electron chi connectivity index (χ2n) is 4.22. The minimum absolute atomic E-state index is 0.192. The van der Waals surface area contributed by atoms with E-state index in [0.717, 1.165) is 0 Å². The molecule has 100 valence electrons. The van der Waals surface area contributed by atoms with E-state index in [-0.39, 0.29) is 11.8 Å². The number of anilines is 1. The quantitative estimate of drug-likeness (QED) is 0.760. The molecule has 0 aliphatic carbocycles. The van der Waals surface area contributed by atoms with Crippen LogP contribution >= 0.6 is 0 Å². The predicted octanol–water partition coefficient (Wildman–Crippen LogP) is 2.98. The summed E-state index contributed by atoms with van der Waals surface area (Å²) < 4.78 is 5.45. The predicted molar refractivity (Wildman–Crippen MR) is 74.3 cm³/mol. The van der Waals surface area contributed by atoms with Gasteiger partial charge in [-0.25, -0.2) is 9.97 Å². The first-order valence-corrected chi connectivity index (χ1v) is 6.19. The highest BCUT2D eigenvalue weighted by atomic mass is 16.3. The summed E-state index contributed by atoms with van der Waals surface area (Å²) in [4.78, 5) is 8.28. The Hall–Kier alpha value is -2.82. The molecule has 0 bridgehead atoms. The molecule has 0 amide bonds. The summed E-state index contributed by atoms with van der Waals surface area (Å²) in [5.41, 5.74) is 0.704. The molecule has 2 N–H and O–H groups in total. The van der Waals surface area contributed by atoms with Crippen LogP contribution in [0.2, 0.25) is 0 Å². The first-order valence-electron chi connectivity index (χ1n) is 6.19. The maximum absolute atomic E-state index is 10.0. The Morgan fingerprint density at radius 3 is 2.50 bits per heavy atom. The van der Waals surface area contributed by atoms with Gasteiger partial charge in [-0.05, 0) is 24.3 Å². The molecule has 1 aromatic carbocycles. The Morgan fingerprint density at radius 2 is 1.80 bits per heavy atom. The smallest absolute Gasteiger partial charge is 0.223 e. The number of nitrogens with zero attached hydrogens (tertiary/aromatic N) is 2. The summed E-state index contributed by atoms with van der Waals surface area (Å²) in [5, 5.41) is 13.2. The molecule has 0 unspecified atom stereocenters. The topological polar surface area (TPSA) is 71.2 Å². The van der Waals surface area contributed by atoms with Crippen molar-refractivity contribution in [2.75, 3.05) is 5.32 Å². The van der Waals surface area contributed by atoms with Crippen LogP contribution in [0.5, 0.6) is 5.75 Å². The van der Waals surface area contributed by atoms with Gasteiger partial charge in [0, 0.05) is 18.0 Å². The largest absolute Gasteiger partial charge is 0.508 e. The van der Waals surface area contributed by atoms with Gasteiger partial charge in [0.25, 0.3) is 0 Å². The number of aromatic hydroxyl groups is 1. The van der Waals surface area contributed by atoms with Gasteiger partial charge >= 0.3 is 0 Å². The van der Waals surface area contributed by atoms with Crippen molar-refractivity contribution < 1.29 is 9.52 Å². The standard InChI is InChI=1S/C15H13N3O2/c19-12-6-2-1-5-11(12)14(13-7-3-10-20-13)18-15-16-8-4-9-17-15/h1-10,14,19H,(H,16,17,18)/t14-/m0/s1. The van der Waals surface area contributed by atoms with Gasteiger partial charge < -0.3 is 14.8 Å². The lowest BCUT2D eigenvalue weighted by Gasteiger charge is -2.17. The fourth-order valence-corrected chi connectivity index (χ4v) is 1.99. The first kappa shape index (κ1) is 12.2. The third kappa shape index (κ3) is 2.47. The minimum atomic E-state index is -0.353. The van der Waals surface area contributed by atoms with Gasteiger partial charge in [0.1, 0.15) is 17.6 Å². The summed E-state index contributed by atoms with van der Waals surface area (Å²) in [6.07, 6.45) is 4.90. The van der Waals surface area contributed by atoms with E-state index in [9.17, 15) is 5.11 Å². The zero-order valence-corrected chi connectivity index (χ0v) is 10.6. The number of phenolic OH excluding ortho intramolecular Hbond substituents is 1. The van der Waals surface area contributed by atoms with E-state index in [4.69, 9.17) is 4.42 Å². The Morgan fingerprint density at radius 1 is 1.00 bits per heavy atom. The summed E-state index contributed by atoms with van der Waals surface area (Å²) in [6.45, 7) is 0. The summed E-state index contributed by atoms with van der Waals surface area (Å²) in [6, 6.07) is 12.1. The van der Waals surface area contributed by atoms with Crippen molar-refractivity contribution in [1.82, 2.24) is 9.97 Å². The zero-order valence-electron chi connectivity index (χ0n) is 10.6. The molecule has 2 heterocycles. The molecule has 2 aromatic heterocycles. The summed E-state index contributed by atoms with van der Waals surface area (Å²) in [5.74, 6) is 1.34. The fourth-order valence-electron chi connectivity index (χ4n) is 1.99. The Bertz CT molecular complexity index is 669. The van der Waals surface area contributed by atoms with E-state index in [1.54, 1.807) is 42.9 Å². The zero-order chi connectivity index (χ0) is 13.8. The highest BCUT2D eigenvalue weighted by molar-refractivity contribution is 5.44. The first-order chi connectivity index (χ1) is 9.84. The van der Waals surface area contributed by atoms with Crippen LogP contribution in [0.4, 0.5) is 5.95 Å². The van der Waals surface area contributed by atoms with Crippen molar-refractivity contribution in [3.63, 3.8) is 0 Å².